The maximum atomic E-state index is 13.5. The van der Waals surface area contributed by atoms with Crippen LogP contribution in [0.15, 0.2) is 36.4 Å². The van der Waals surface area contributed by atoms with Crippen molar-refractivity contribution in [2.24, 2.45) is 0 Å². The van der Waals surface area contributed by atoms with E-state index in [4.69, 9.17) is 0 Å². The van der Waals surface area contributed by atoms with Crippen molar-refractivity contribution in [1.29, 1.82) is 0 Å². The highest BCUT2D eigenvalue weighted by atomic mass is 19.1. The summed E-state index contributed by atoms with van der Waals surface area (Å²) in [5, 5.41) is 24.5. The van der Waals surface area contributed by atoms with Crippen LogP contribution < -0.4 is 10.6 Å². The highest BCUT2D eigenvalue weighted by Gasteiger charge is 2.07. The Morgan fingerprint density at radius 3 is 2.71 bits per heavy atom. The number of phenols is 2. The molecule has 21 heavy (non-hydrogen) atoms. The van der Waals surface area contributed by atoms with Crippen LogP contribution in [0.3, 0.4) is 0 Å². The number of nitrogens with one attached hydrogen (secondary N) is 2. The third-order valence-electron chi connectivity index (χ3n) is 2.86. The number of aromatic hydroxyl groups is 2. The molecule has 0 aliphatic carbocycles. The maximum absolute atomic E-state index is 13.5. The number of anilines is 2. The summed E-state index contributed by atoms with van der Waals surface area (Å²) in [4.78, 5) is 11.0. The minimum Gasteiger partial charge on any atom is -0.504 e. The van der Waals surface area contributed by atoms with Crippen LogP contribution in [0.25, 0.3) is 0 Å². The Kier molecular flexibility index (Phi) is 4.27. The Labute approximate surface area is 121 Å². The van der Waals surface area contributed by atoms with Crippen LogP contribution in [-0.4, -0.2) is 16.1 Å². The van der Waals surface area contributed by atoms with Gasteiger partial charge in [-0.1, -0.05) is 12.1 Å². The molecule has 0 spiro atoms. The first-order valence-electron chi connectivity index (χ1n) is 6.28. The summed E-state index contributed by atoms with van der Waals surface area (Å²) in [6.45, 7) is 1.54. The first-order chi connectivity index (χ1) is 9.97. The van der Waals surface area contributed by atoms with Gasteiger partial charge in [0.15, 0.2) is 11.5 Å². The molecule has 2 rings (SSSR count). The number of hydrogen-bond acceptors (Lipinski definition) is 4. The van der Waals surface area contributed by atoms with E-state index in [1.807, 2.05) is 0 Å². The summed E-state index contributed by atoms with van der Waals surface area (Å²) in [5.74, 6) is -1.30. The molecule has 0 bridgehead atoms. The van der Waals surface area contributed by atoms with Gasteiger partial charge in [0.05, 0.1) is 5.69 Å². The van der Waals surface area contributed by atoms with Gasteiger partial charge in [-0.25, -0.2) is 4.39 Å². The van der Waals surface area contributed by atoms with Gasteiger partial charge in [-0.05, 0) is 24.3 Å². The van der Waals surface area contributed by atoms with E-state index in [0.29, 0.717) is 11.3 Å². The maximum Gasteiger partial charge on any atom is 0.221 e. The zero-order chi connectivity index (χ0) is 15.4. The van der Waals surface area contributed by atoms with Crippen molar-refractivity contribution in [3.8, 4) is 11.5 Å². The summed E-state index contributed by atoms with van der Waals surface area (Å²) >= 11 is 0. The molecule has 4 N–H and O–H groups in total. The van der Waals surface area contributed by atoms with Gasteiger partial charge in [0.25, 0.3) is 0 Å². The van der Waals surface area contributed by atoms with Gasteiger partial charge in [-0.3, -0.25) is 4.79 Å². The highest BCUT2D eigenvalue weighted by Crippen LogP contribution is 2.29. The van der Waals surface area contributed by atoms with Crippen LogP contribution in [0, 0.1) is 5.82 Å². The molecule has 0 aliphatic rings. The van der Waals surface area contributed by atoms with Gasteiger partial charge in [0, 0.05) is 24.7 Å². The number of phenolic OH excluding ortho intramolecular Hbond substituents is 2. The standard InChI is InChI=1S/C15H15FN2O3/c1-9(19)18-13-7-11(5-6-12(13)16)17-8-10-3-2-4-14(20)15(10)21/h2-7,17,20-21H,8H2,1H3,(H,18,19). The van der Waals surface area contributed by atoms with Crippen LogP contribution in [0.5, 0.6) is 11.5 Å². The topological polar surface area (TPSA) is 81.6 Å². The lowest BCUT2D eigenvalue weighted by molar-refractivity contribution is -0.114. The number of halogens is 1. The van der Waals surface area contributed by atoms with E-state index < -0.39 is 5.82 Å². The Morgan fingerprint density at radius 1 is 1.24 bits per heavy atom. The van der Waals surface area contributed by atoms with Crippen molar-refractivity contribution < 1.29 is 19.4 Å². The van der Waals surface area contributed by atoms with Crippen LogP contribution in [0.2, 0.25) is 0 Å². The summed E-state index contributed by atoms with van der Waals surface area (Å²) in [6, 6.07) is 8.85. The molecule has 0 aliphatic heterocycles. The van der Waals surface area contributed by atoms with Crippen molar-refractivity contribution in [1.82, 2.24) is 0 Å². The largest absolute Gasteiger partial charge is 0.504 e. The van der Waals surface area contributed by atoms with E-state index in [1.54, 1.807) is 12.1 Å². The van der Waals surface area contributed by atoms with Crippen molar-refractivity contribution in [3.63, 3.8) is 0 Å². The molecule has 110 valence electrons. The lowest BCUT2D eigenvalue weighted by Crippen LogP contribution is -2.08. The predicted octanol–water partition coefficient (Wildman–Crippen LogP) is 2.81. The smallest absolute Gasteiger partial charge is 0.221 e. The molecule has 0 fully saturated rings. The van der Waals surface area contributed by atoms with Crippen LogP contribution in [-0.2, 0) is 11.3 Å². The second kappa shape index (κ2) is 6.13. The number of carbonyl (C=O) groups excluding carboxylic acids is 1. The molecule has 0 radical (unpaired) electrons. The lowest BCUT2D eigenvalue weighted by atomic mass is 10.1. The third kappa shape index (κ3) is 3.62. The molecule has 0 saturated carbocycles. The van der Waals surface area contributed by atoms with Crippen LogP contribution >= 0.6 is 0 Å². The molecular weight excluding hydrogens is 275 g/mol. The molecule has 0 unspecified atom stereocenters. The normalized spacial score (nSPS) is 10.2. The Balaban J connectivity index is 2.13. The molecule has 0 heterocycles. The molecular formula is C15H15FN2O3. The highest BCUT2D eigenvalue weighted by molar-refractivity contribution is 5.89. The van der Waals surface area contributed by atoms with Gasteiger partial charge in [0.2, 0.25) is 5.91 Å². The molecule has 1 amide bonds. The summed E-state index contributed by atoms with van der Waals surface area (Å²) in [5.41, 5.74) is 1.15. The number of amides is 1. The van der Waals surface area contributed by atoms with Crippen molar-refractivity contribution in [3.05, 3.63) is 47.8 Å². The minimum absolute atomic E-state index is 0.0765. The number of carbonyl (C=O) groups is 1. The first-order valence-corrected chi connectivity index (χ1v) is 6.28. The van der Waals surface area contributed by atoms with E-state index in [1.165, 1.54) is 31.2 Å². The summed E-state index contributed by atoms with van der Waals surface area (Å²) in [6.07, 6.45) is 0. The van der Waals surface area contributed by atoms with Crippen molar-refractivity contribution >= 4 is 17.3 Å². The van der Waals surface area contributed by atoms with Crippen molar-refractivity contribution in [2.45, 2.75) is 13.5 Å². The second-order valence-corrected chi connectivity index (χ2v) is 4.51. The van der Waals surface area contributed by atoms with E-state index >= 15 is 0 Å². The molecule has 0 saturated heterocycles. The van der Waals surface area contributed by atoms with E-state index in [-0.39, 0.29) is 29.6 Å². The van der Waals surface area contributed by atoms with Gasteiger partial charge in [-0.2, -0.15) is 0 Å². The predicted molar refractivity (Wildman–Crippen MR) is 77.8 cm³/mol. The number of hydrogen-bond donors (Lipinski definition) is 4. The minimum atomic E-state index is -0.532. The molecule has 0 atom stereocenters. The SMILES string of the molecule is CC(=O)Nc1cc(NCc2cccc(O)c2O)ccc1F. The van der Waals surface area contributed by atoms with Crippen LogP contribution in [0.4, 0.5) is 15.8 Å². The van der Waals surface area contributed by atoms with Gasteiger partial charge < -0.3 is 20.8 Å². The van der Waals surface area contributed by atoms with Crippen molar-refractivity contribution in [2.75, 3.05) is 10.6 Å². The summed E-state index contributed by atoms with van der Waals surface area (Å²) in [7, 11) is 0. The Morgan fingerprint density at radius 2 is 2.00 bits per heavy atom. The first kappa shape index (κ1) is 14.6. The quantitative estimate of drug-likeness (QED) is 0.653. The second-order valence-electron chi connectivity index (χ2n) is 4.51. The Bertz CT molecular complexity index is 674. The van der Waals surface area contributed by atoms with Gasteiger partial charge in [0.1, 0.15) is 5.82 Å². The fraction of sp³-hybridized carbons (Fsp3) is 0.133. The lowest BCUT2D eigenvalue weighted by Gasteiger charge is -2.11. The number of rotatable bonds is 4. The zero-order valence-corrected chi connectivity index (χ0v) is 11.4. The summed E-state index contributed by atoms with van der Waals surface area (Å²) < 4.78 is 13.5. The van der Waals surface area contributed by atoms with Gasteiger partial charge in [-0.15, -0.1) is 0 Å². The van der Waals surface area contributed by atoms with Crippen LogP contribution in [0.1, 0.15) is 12.5 Å². The molecule has 2 aromatic rings. The molecule has 0 aromatic heterocycles. The van der Waals surface area contributed by atoms with Gasteiger partial charge >= 0.3 is 0 Å². The Hall–Kier alpha value is -2.76. The average Bonchev–Trinajstić information content (AvgIpc) is 2.43. The monoisotopic (exact) mass is 290 g/mol. The number of benzene rings is 2. The average molecular weight is 290 g/mol. The third-order valence-corrected chi connectivity index (χ3v) is 2.86. The fourth-order valence-electron chi connectivity index (χ4n) is 1.84. The fourth-order valence-corrected chi connectivity index (χ4v) is 1.84. The van der Waals surface area contributed by atoms with E-state index in [9.17, 15) is 19.4 Å². The molecule has 6 heteroatoms. The number of para-hydroxylation sites is 1. The zero-order valence-electron chi connectivity index (χ0n) is 11.4. The molecule has 2 aromatic carbocycles. The molecule has 5 nitrogen and oxygen atoms in total. The van der Waals surface area contributed by atoms with E-state index in [2.05, 4.69) is 10.6 Å². The van der Waals surface area contributed by atoms with E-state index in [0.717, 1.165) is 0 Å².